The van der Waals surface area contributed by atoms with Crippen molar-refractivity contribution < 1.29 is 9.59 Å². The van der Waals surface area contributed by atoms with Gasteiger partial charge in [-0.3, -0.25) is 9.59 Å². The van der Waals surface area contributed by atoms with Gasteiger partial charge in [-0.15, -0.1) is 0 Å². The molecule has 1 aromatic rings. The Morgan fingerprint density at radius 3 is 1.33 bits per heavy atom. The average Bonchev–Trinajstić information content (AvgIpc) is 2.94. The first-order valence-electron chi connectivity index (χ1n) is 15.9. The summed E-state index contributed by atoms with van der Waals surface area (Å²) in [5.41, 5.74) is 10.2. The number of hydrogen-bond donors (Lipinski definition) is 0. The molecule has 0 bridgehead atoms. The maximum absolute atomic E-state index is 12.7. The molecule has 0 saturated heterocycles. The Labute approximate surface area is 256 Å². The van der Waals surface area contributed by atoms with Crippen molar-refractivity contribution in [3.05, 3.63) is 117 Å². The van der Waals surface area contributed by atoms with Crippen LogP contribution in [0.15, 0.2) is 106 Å². The van der Waals surface area contributed by atoms with Gasteiger partial charge in [-0.25, -0.2) is 0 Å². The van der Waals surface area contributed by atoms with E-state index < -0.39 is 0 Å². The molecule has 2 nitrogen and oxygen atoms in total. The number of benzene rings is 1. The van der Waals surface area contributed by atoms with Crippen LogP contribution in [0.4, 0.5) is 0 Å². The normalized spacial score (nSPS) is 15.1. The van der Waals surface area contributed by atoms with E-state index in [-0.39, 0.29) is 11.6 Å². The lowest BCUT2D eigenvalue weighted by Gasteiger charge is -2.14. The molecule has 2 rings (SSSR count). The lowest BCUT2D eigenvalue weighted by molar-refractivity contribution is 0.0983. The molecular formula is C40H54O2. The van der Waals surface area contributed by atoms with Gasteiger partial charge >= 0.3 is 0 Å². The number of rotatable bonds is 17. The number of ketones is 2. The summed E-state index contributed by atoms with van der Waals surface area (Å²) in [6.07, 6.45) is 27.1. The van der Waals surface area contributed by atoms with Crippen molar-refractivity contribution in [1.29, 1.82) is 0 Å². The molecule has 0 unspecified atom stereocenters. The maximum Gasteiger partial charge on any atom is 0.190 e. The largest absolute Gasteiger partial charge is 0.289 e. The summed E-state index contributed by atoms with van der Waals surface area (Å²) in [6.45, 7) is 15.4. The van der Waals surface area contributed by atoms with E-state index in [1.807, 2.05) is 6.07 Å². The monoisotopic (exact) mass is 566 g/mol. The van der Waals surface area contributed by atoms with Crippen molar-refractivity contribution in [2.45, 2.75) is 119 Å². The van der Waals surface area contributed by atoms with Gasteiger partial charge in [0.05, 0.1) is 0 Å². The summed E-state index contributed by atoms with van der Waals surface area (Å²) in [6, 6.07) is 7.09. The van der Waals surface area contributed by atoms with Crippen LogP contribution in [0.3, 0.4) is 0 Å². The molecule has 1 aliphatic carbocycles. The third-order valence-corrected chi connectivity index (χ3v) is 7.92. The molecule has 0 atom stereocenters. The zero-order valence-electron chi connectivity index (χ0n) is 27.4. The topological polar surface area (TPSA) is 34.1 Å². The molecule has 1 aliphatic rings. The second kappa shape index (κ2) is 19.0. The second-order valence-electron chi connectivity index (χ2n) is 12.3. The van der Waals surface area contributed by atoms with Gasteiger partial charge in [-0.2, -0.15) is 0 Å². The fourth-order valence-electron chi connectivity index (χ4n) is 5.09. The van der Waals surface area contributed by atoms with Crippen LogP contribution in [0.5, 0.6) is 0 Å². The highest BCUT2D eigenvalue weighted by molar-refractivity contribution is 6.24. The average molecular weight is 567 g/mol. The van der Waals surface area contributed by atoms with Crippen LogP contribution in [0.25, 0.3) is 0 Å². The molecule has 0 aliphatic heterocycles. The second-order valence-corrected chi connectivity index (χ2v) is 12.3. The Morgan fingerprint density at radius 1 is 0.524 bits per heavy atom. The smallest absolute Gasteiger partial charge is 0.190 e. The van der Waals surface area contributed by atoms with Crippen LogP contribution in [0, 0.1) is 0 Å². The van der Waals surface area contributed by atoms with E-state index in [4.69, 9.17) is 0 Å². The Balaban J connectivity index is 1.65. The minimum atomic E-state index is -0.0689. The molecule has 0 saturated carbocycles. The minimum absolute atomic E-state index is 0.0243. The summed E-state index contributed by atoms with van der Waals surface area (Å²) in [5.74, 6) is -0.0932. The predicted octanol–water partition coefficient (Wildman–Crippen LogP) is 12.0. The van der Waals surface area contributed by atoms with E-state index >= 15 is 0 Å². The van der Waals surface area contributed by atoms with E-state index in [0.29, 0.717) is 23.1 Å². The molecule has 0 radical (unpaired) electrons. The Morgan fingerprint density at radius 2 is 0.905 bits per heavy atom. The lowest BCUT2D eigenvalue weighted by Crippen LogP contribution is -2.16. The van der Waals surface area contributed by atoms with Gasteiger partial charge in [0, 0.05) is 16.7 Å². The van der Waals surface area contributed by atoms with E-state index in [0.717, 1.165) is 57.8 Å². The van der Waals surface area contributed by atoms with E-state index in [9.17, 15) is 9.59 Å². The van der Waals surface area contributed by atoms with Crippen LogP contribution in [0.2, 0.25) is 0 Å². The van der Waals surface area contributed by atoms with Crippen LogP contribution in [-0.4, -0.2) is 11.6 Å². The van der Waals surface area contributed by atoms with Crippen molar-refractivity contribution >= 4 is 11.6 Å². The Bertz CT molecular complexity index is 1280. The number of Topliss-reactive ketones (excluding diaryl/α,β-unsaturated/α-hetero) is 1. The summed E-state index contributed by atoms with van der Waals surface area (Å²) in [5, 5.41) is 0. The maximum atomic E-state index is 12.7. The van der Waals surface area contributed by atoms with Crippen LogP contribution in [-0.2, 0) is 0 Å². The van der Waals surface area contributed by atoms with Gasteiger partial charge in [-0.05, 0) is 125 Å². The van der Waals surface area contributed by atoms with Crippen LogP contribution >= 0.6 is 0 Å². The van der Waals surface area contributed by atoms with Crippen molar-refractivity contribution in [2.24, 2.45) is 0 Å². The summed E-state index contributed by atoms with van der Waals surface area (Å²) in [7, 11) is 0. The van der Waals surface area contributed by atoms with Crippen molar-refractivity contribution in [2.75, 3.05) is 0 Å². The van der Waals surface area contributed by atoms with Gasteiger partial charge in [0.2, 0.25) is 0 Å². The lowest BCUT2D eigenvalue weighted by atomic mass is 9.88. The molecule has 226 valence electrons. The summed E-state index contributed by atoms with van der Waals surface area (Å²) >= 11 is 0. The number of carbonyl (C=O) groups excluding carboxylic acids is 2. The summed E-state index contributed by atoms with van der Waals surface area (Å²) in [4.78, 5) is 25.1. The number of allylic oxidation sites excluding steroid dienone is 14. The Kier molecular flexibility index (Phi) is 15.8. The quantitative estimate of drug-likeness (QED) is 0.176. The molecule has 1 aromatic carbocycles. The van der Waals surface area contributed by atoms with Gasteiger partial charge in [0.1, 0.15) is 0 Å². The number of hydrogen-bond acceptors (Lipinski definition) is 2. The molecule has 0 spiro atoms. The van der Waals surface area contributed by atoms with Crippen LogP contribution in [0.1, 0.15) is 140 Å². The number of fused-ring (bicyclic) bond motifs is 1. The molecule has 0 aromatic heterocycles. The van der Waals surface area contributed by atoms with Crippen molar-refractivity contribution in [3.63, 3.8) is 0 Å². The van der Waals surface area contributed by atoms with Crippen LogP contribution < -0.4 is 0 Å². The van der Waals surface area contributed by atoms with E-state index in [1.165, 1.54) is 45.9 Å². The Hall–Kier alpha value is -3.26. The molecule has 0 N–H and O–H groups in total. The standard InChI is InChI=1S/C40H54O2/c1-30(2)15-10-16-31(3)17-11-18-32(4)19-12-20-33(5)21-13-22-34(6)23-14-24-35(7)27-28-36-29-39(41)37-25-8-9-26-38(37)40(36)42/h8-9,15,17,19,21,23,25-27,29H,10-14,16,18,20,22,24,28H2,1-7H3/b31-17+,32-19+,33-21+,34-23+,35-27+. The molecule has 0 heterocycles. The van der Waals surface area contributed by atoms with E-state index in [1.54, 1.807) is 18.2 Å². The first-order chi connectivity index (χ1) is 20.1. The fourth-order valence-corrected chi connectivity index (χ4v) is 5.09. The third-order valence-electron chi connectivity index (χ3n) is 7.92. The predicted molar refractivity (Wildman–Crippen MR) is 182 cm³/mol. The van der Waals surface area contributed by atoms with Gasteiger partial charge in [0.25, 0.3) is 0 Å². The zero-order valence-corrected chi connectivity index (χ0v) is 27.4. The summed E-state index contributed by atoms with van der Waals surface area (Å²) < 4.78 is 0. The van der Waals surface area contributed by atoms with Crippen molar-refractivity contribution in [1.82, 2.24) is 0 Å². The fraction of sp³-hybridized carbons (Fsp3) is 0.450. The molecule has 0 amide bonds. The zero-order chi connectivity index (χ0) is 30.9. The number of carbonyl (C=O) groups is 2. The van der Waals surface area contributed by atoms with E-state index in [2.05, 4.69) is 84.9 Å². The highest BCUT2D eigenvalue weighted by atomic mass is 16.1. The SMILES string of the molecule is CC(C)=CCC/C(C)=C/CC/C(C)=C/CC/C(C)=C/CC/C(C)=C/CC/C(C)=C/CC1=CC(=O)c2ccccc2C1=O. The molecule has 0 fully saturated rings. The first-order valence-corrected chi connectivity index (χ1v) is 15.9. The minimum Gasteiger partial charge on any atom is -0.289 e. The molecule has 2 heteroatoms. The molecular weight excluding hydrogens is 512 g/mol. The van der Waals surface area contributed by atoms with Crippen molar-refractivity contribution in [3.8, 4) is 0 Å². The van der Waals surface area contributed by atoms with Gasteiger partial charge in [-0.1, -0.05) is 94.2 Å². The molecule has 42 heavy (non-hydrogen) atoms. The first kappa shape index (κ1) is 34.9. The highest BCUT2D eigenvalue weighted by Gasteiger charge is 2.24. The van der Waals surface area contributed by atoms with Gasteiger partial charge < -0.3 is 0 Å². The highest BCUT2D eigenvalue weighted by Crippen LogP contribution is 2.24. The van der Waals surface area contributed by atoms with Gasteiger partial charge in [0.15, 0.2) is 11.6 Å². The third kappa shape index (κ3) is 13.6.